The van der Waals surface area contributed by atoms with E-state index in [-0.39, 0.29) is 28.5 Å². The number of hydrogen-bond acceptors (Lipinski definition) is 8. The fourth-order valence-electron chi connectivity index (χ4n) is 0. The summed E-state index contributed by atoms with van der Waals surface area (Å²) in [5, 5.41) is 67.0. The first-order valence-corrected chi connectivity index (χ1v) is 2.31. The van der Waals surface area contributed by atoms with Gasteiger partial charge in [-0.1, -0.05) is 0 Å². The van der Waals surface area contributed by atoms with Gasteiger partial charge in [0.15, 0.2) is 0 Å². The molecule has 0 bridgehead atoms. The molecule has 0 aromatic carbocycles. The van der Waals surface area contributed by atoms with Crippen LogP contribution in [0.2, 0.25) is 0 Å². The van der Waals surface area contributed by atoms with Crippen LogP contribution in [0, 0.1) is 7.43 Å². The molecule has 0 saturated heterocycles. The Morgan fingerprint density at radius 1 is 0.429 bits per heavy atom. The van der Waals surface area contributed by atoms with Crippen LogP contribution in [0.1, 0.15) is 0 Å². The molecule has 8 nitrogen and oxygen atoms in total. The fraction of sp³-hybridized carbons (Fsp3) is 0.800. The molecule has 0 aromatic heterocycles. The first-order chi connectivity index (χ1) is 5.66. The maximum atomic E-state index is 8.38. The Morgan fingerprint density at radius 3 is 0.429 bits per heavy atom. The van der Waals surface area contributed by atoms with E-state index in [0.717, 1.165) is 0 Å². The second-order valence-corrected chi connectivity index (χ2v) is 0.471. The summed E-state index contributed by atoms with van der Waals surface area (Å²) in [5.41, 5.74) is 0. The van der Waals surface area contributed by atoms with Crippen molar-refractivity contribution in [1.29, 1.82) is 0 Å². The minimum atomic E-state index is -1.25. The average Bonchev–Trinajstić information content (AvgIpc) is 1.92. The van der Waals surface area contributed by atoms with E-state index in [4.69, 9.17) is 40.9 Å². The number of rotatable bonds is 0. The normalized spacial score (nSPS) is 5.14. The molecule has 0 fully saturated rings. The van der Waals surface area contributed by atoms with E-state index in [0.29, 0.717) is 0 Å². The predicted molar refractivity (Wildman–Crippen MR) is 22.7 cm³/mol. The maximum Gasteiger partial charge on any atom is 4.00 e. The molecule has 0 radical (unpaired) electrons. The molecular formula is C5H8O8W. The molecule has 0 aromatic rings. The van der Waals surface area contributed by atoms with Gasteiger partial charge in [-0.15, -0.1) is 0 Å². The van der Waals surface area contributed by atoms with Crippen LogP contribution < -0.4 is 40.9 Å². The van der Waals surface area contributed by atoms with E-state index in [1.807, 2.05) is 0 Å². The minimum absolute atomic E-state index is 0. The Bertz CT molecular complexity index is 25.7. The molecule has 0 saturated carbocycles. The molecule has 0 heterocycles. The zero-order chi connectivity index (χ0) is 10.8. The first kappa shape index (κ1) is 36.7. The van der Waals surface area contributed by atoms with E-state index in [9.17, 15) is 0 Å². The summed E-state index contributed by atoms with van der Waals surface area (Å²) in [4.78, 5) is 0. The van der Waals surface area contributed by atoms with Crippen molar-refractivity contribution >= 4 is 0 Å². The van der Waals surface area contributed by atoms with E-state index < -0.39 is 27.2 Å². The van der Waals surface area contributed by atoms with Crippen molar-refractivity contribution in [3.8, 4) is 0 Å². The minimum Gasteiger partial charge on any atom is -0.868 e. The summed E-state index contributed by atoms with van der Waals surface area (Å²) in [7, 11) is 0. The Kier molecular flexibility index (Phi) is 281. The van der Waals surface area contributed by atoms with E-state index in [1.165, 1.54) is 0 Å². The fourth-order valence-corrected chi connectivity index (χ4v) is 0. The van der Waals surface area contributed by atoms with Crippen LogP contribution in [0.3, 0.4) is 0 Å². The van der Waals surface area contributed by atoms with Crippen molar-refractivity contribution in [1.82, 2.24) is 0 Å². The summed E-state index contributed by atoms with van der Waals surface area (Å²) >= 11 is 0. The van der Waals surface area contributed by atoms with Crippen LogP contribution >= 0.6 is 0 Å². The Morgan fingerprint density at radius 2 is 0.429 bits per heavy atom. The molecule has 0 rings (SSSR count). The van der Waals surface area contributed by atoms with Crippen molar-refractivity contribution in [2.24, 2.45) is 0 Å². The zero-order valence-electron chi connectivity index (χ0n) is 7.00. The van der Waals surface area contributed by atoms with Gasteiger partial charge in [0.05, 0.1) is 0 Å². The Hall–Kier alpha value is 0.368. The third-order valence-corrected chi connectivity index (χ3v) is 0. The van der Waals surface area contributed by atoms with Crippen molar-refractivity contribution in [3.05, 3.63) is 7.43 Å². The van der Waals surface area contributed by atoms with Gasteiger partial charge < -0.3 is 40.9 Å². The Labute approximate surface area is 97.0 Å². The topological polar surface area (TPSA) is 184 Å². The Balaban J connectivity index is -0.0000000145. The second kappa shape index (κ2) is 107. The van der Waals surface area contributed by atoms with Crippen LogP contribution in [0.5, 0.6) is 0 Å². The maximum absolute atomic E-state index is 8.38. The molecule has 0 atom stereocenters. The van der Waals surface area contributed by atoms with Gasteiger partial charge in [0.25, 0.3) is 0 Å². The van der Waals surface area contributed by atoms with Crippen molar-refractivity contribution < 1.29 is 61.9 Å². The molecule has 14 heavy (non-hydrogen) atoms. The van der Waals surface area contributed by atoms with E-state index >= 15 is 0 Å². The third kappa shape index (κ3) is 11800. The molecule has 0 spiro atoms. The standard InChI is InChI=1S/4CH2O2.C.W/c4*2-1-3;;/h4*1H2;;/q4*-2;2*+4. The summed E-state index contributed by atoms with van der Waals surface area (Å²) < 4.78 is 0. The van der Waals surface area contributed by atoms with Crippen LogP contribution in [0.25, 0.3) is 0 Å². The van der Waals surface area contributed by atoms with Crippen LogP contribution in [0.4, 0.5) is 0 Å². The molecular weight excluding hydrogens is 372 g/mol. The van der Waals surface area contributed by atoms with Crippen molar-refractivity contribution in [2.75, 3.05) is 27.2 Å². The van der Waals surface area contributed by atoms with Crippen molar-refractivity contribution in [2.45, 2.75) is 0 Å². The molecule has 0 aliphatic heterocycles. The SMILES string of the molecule is [C+4].[O-]C[O-].[O-]C[O-].[O-]C[O-].[O-]C[O-].[W+4]. The zero-order valence-corrected chi connectivity index (χ0v) is 9.94. The molecule has 0 unspecified atom stereocenters. The smallest absolute Gasteiger partial charge is 0.868 e. The molecule has 0 aliphatic carbocycles. The number of hydrogen-bond donors (Lipinski definition) is 0. The summed E-state index contributed by atoms with van der Waals surface area (Å²) in [5.74, 6) is 0. The van der Waals surface area contributed by atoms with Gasteiger partial charge >= 0.3 is 28.5 Å². The molecule has 0 amide bonds. The van der Waals surface area contributed by atoms with Gasteiger partial charge in [0.1, 0.15) is 0 Å². The molecule has 82 valence electrons. The molecule has 0 aliphatic rings. The van der Waals surface area contributed by atoms with Gasteiger partial charge in [-0.2, -0.15) is 0 Å². The van der Waals surface area contributed by atoms with Crippen LogP contribution in [-0.4, -0.2) is 27.2 Å². The van der Waals surface area contributed by atoms with Crippen molar-refractivity contribution in [3.63, 3.8) is 0 Å². The largest absolute Gasteiger partial charge is 4.00 e. The third-order valence-electron chi connectivity index (χ3n) is 0. The predicted octanol–water partition coefficient (Wildman–Crippen LogP) is -9.26. The second-order valence-electron chi connectivity index (χ2n) is 0.471. The van der Waals surface area contributed by atoms with E-state index in [2.05, 4.69) is 0 Å². The van der Waals surface area contributed by atoms with Gasteiger partial charge in [0.2, 0.25) is 0 Å². The molecule has 9 heteroatoms. The summed E-state index contributed by atoms with van der Waals surface area (Å²) in [6.45, 7) is -5.00. The first-order valence-electron chi connectivity index (χ1n) is 2.31. The average molecular weight is 380 g/mol. The van der Waals surface area contributed by atoms with Gasteiger partial charge in [-0.3, -0.25) is 0 Å². The summed E-state index contributed by atoms with van der Waals surface area (Å²) in [6.07, 6.45) is 0. The quantitative estimate of drug-likeness (QED) is 0.371. The van der Waals surface area contributed by atoms with Crippen LogP contribution in [0.15, 0.2) is 0 Å². The van der Waals surface area contributed by atoms with Gasteiger partial charge in [-0.25, -0.2) is 27.2 Å². The van der Waals surface area contributed by atoms with Gasteiger partial charge in [-0.05, 0) is 0 Å². The monoisotopic (exact) mass is 380 g/mol. The molecule has 0 N–H and O–H groups in total. The van der Waals surface area contributed by atoms with E-state index in [1.54, 1.807) is 0 Å². The van der Waals surface area contributed by atoms with Gasteiger partial charge in [0, 0.05) is 0 Å². The van der Waals surface area contributed by atoms with Crippen LogP contribution in [-0.2, 0) is 21.1 Å². The summed E-state index contributed by atoms with van der Waals surface area (Å²) in [6, 6.07) is 0.